The summed E-state index contributed by atoms with van der Waals surface area (Å²) in [6.45, 7) is 4.79. The molecule has 0 spiro atoms. The Morgan fingerprint density at radius 1 is 1.30 bits per heavy atom. The Hall–Kier alpha value is -1.86. The van der Waals surface area contributed by atoms with Gasteiger partial charge in [0, 0.05) is 20.1 Å². The van der Waals surface area contributed by atoms with Crippen molar-refractivity contribution in [3.63, 3.8) is 0 Å². The summed E-state index contributed by atoms with van der Waals surface area (Å²) in [4.78, 5) is 4.30. The maximum absolute atomic E-state index is 11.6. The van der Waals surface area contributed by atoms with Gasteiger partial charge in [-0.1, -0.05) is 18.2 Å². The van der Waals surface area contributed by atoms with Crippen molar-refractivity contribution in [2.45, 2.75) is 11.4 Å². The monoisotopic (exact) mass is 296 g/mol. The summed E-state index contributed by atoms with van der Waals surface area (Å²) in [5.41, 5.74) is 0.960. The van der Waals surface area contributed by atoms with Crippen LogP contribution in [0, 0.1) is 0 Å². The summed E-state index contributed by atoms with van der Waals surface area (Å²) >= 11 is 0. The molecule has 0 aliphatic rings. The summed E-state index contributed by atoms with van der Waals surface area (Å²) < 4.78 is 25.4. The Bertz CT molecular complexity index is 565. The molecule has 20 heavy (non-hydrogen) atoms. The third-order valence-corrected chi connectivity index (χ3v) is 4.03. The highest BCUT2D eigenvalue weighted by Crippen LogP contribution is 2.09. The summed E-state index contributed by atoms with van der Waals surface area (Å²) in [7, 11) is -0.310. The smallest absolute Gasteiger partial charge is 0.240 e. The molecule has 7 heteroatoms. The van der Waals surface area contributed by atoms with E-state index < -0.39 is 10.0 Å². The largest absolute Gasteiger partial charge is 0.353 e. The van der Waals surface area contributed by atoms with E-state index in [1.807, 2.05) is 0 Å². The molecule has 0 fully saturated rings. The van der Waals surface area contributed by atoms with Gasteiger partial charge in [-0.2, -0.15) is 0 Å². The molecule has 3 N–H and O–H groups in total. The van der Waals surface area contributed by atoms with Crippen LogP contribution in [0.25, 0.3) is 0 Å². The van der Waals surface area contributed by atoms with Crippen LogP contribution in [0.2, 0.25) is 0 Å². The van der Waals surface area contributed by atoms with Crippen LogP contribution in [0.3, 0.4) is 0 Å². The summed E-state index contributed by atoms with van der Waals surface area (Å²) in [5, 5.41) is 6.17. The third-order valence-electron chi connectivity index (χ3n) is 2.60. The van der Waals surface area contributed by atoms with Crippen molar-refractivity contribution >= 4 is 16.0 Å². The van der Waals surface area contributed by atoms with Crippen molar-refractivity contribution < 1.29 is 8.42 Å². The maximum Gasteiger partial charge on any atom is 0.240 e. The minimum atomic E-state index is -3.38. The molecule has 0 bridgehead atoms. The van der Waals surface area contributed by atoms with E-state index in [0.717, 1.165) is 5.56 Å². The molecular weight excluding hydrogens is 276 g/mol. The minimum absolute atomic E-state index is 0.248. The predicted octanol–water partition coefficient (Wildman–Crippen LogP) is 0.446. The summed E-state index contributed by atoms with van der Waals surface area (Å²) in [6.07, 6.45) is 1.74. The fraction of sp³-hybridized carbons (Fsp3) is 0.308. The van der Waals surface area contributed by atoms with Crippen LogP contribution in [0.1, 0.15) is 5.56 Å². The SMILES string of the molecule is C=CCNC(=NC)NCc1ccc(S(=O)(=O)NC)cc1. The summed E-state index contributed by atoms with van der Waals surface area (Å²) in [6, 6.07) is 6.67. The molecule has 1 aromatic carbocycles. The van der Waals surface area contributed by atoms with E-state index in [9.17, 15) is 8.42 Å². The van der Waals surface area contributed by atoms with Gasteiger partial charge in [-0.25, -0.2) is 13.1 Å². The highest BCUT2D eigenvalue weighted by Gasteiger charge is 2.10. The Labute approximate surface area is 120 Å². The summed E-state index contributed by atoms with van der Waals surface area (Å²) in [5.74, 6) is 0.664. The van der Waals surface area contributed by atoms with Crippen LogP contribution in [0.15, 0.2) is 46.8 Å². The number of rotatable bonds is 6. The van der Waals surface area contributed by atoms with Gasteiger partial charge in [0.25, 0.3) is 0 Å². The van der Waals surface area contributed by atoms with Gasteiger partial charge in [0.1, 0.15) is 0 Å². The molecule has 110 valence electrons. The van der Waals surface area contributed by atoms with Crippen molar-refractivity contribution in [1.82, 2.24) is 15.4 Å². The van der Waals surface area contributed by atoms with Crippen LogP contribution in [-0.2, 0) is 16.6 Å². The second-order valence-corrected chi connectivity index (χ2v) is 5.83. The number of benzene rings is 1. The molecule has 0 heterocycles. The van der Waals surface area contributed by atoms with E-state index >= 15 is 0 Å². The quantitative estimate of drug-likeness (QED) is 0.404. The van der Waals surface area contributed by atoms with Crippen molar-refractivity contribution in [1.29, 1.82) is 0 Å². The van der Waals surface area contributed by atoms with Gasteiger partial charge in [-0.3, -0.25) is 4.99 Å². The predicted molar refractivity (Wildman–Crippen MR) is 81.1 cm³/mol. The van der Waals surface area contributed by atoms with E-state index in [-0.39, 0.29) is 4.90 Å². The van der Waals surface area contributed by atoms with E-state index in [1.165, 1.54) is 7.05 Å². The molecule has 0 aromatic heterocycles. The van der Waals surface area contributed by atoms with E-state index in [2.05, 4.69) is 26.9 Å². The minimum Gasteiger partial charge on any atom is -0.353 e. The molecule has 0 unspecified atom stereocenters. The van der Waals surface area contributed by atoms with E-state index in [1.54, 1.807) is 37.4 Å². The van der Waals surface area contributed by atoms with Crippen LogP contribution in [0.4, 0.5) is 0 Å². The number of hydrogen-bond donors (Lipinski definition) is 3. The van der Waals surface area contributed by atoms with Gasteiger partial charge in [-0.05, 0) is 24.7 Å². The molecule has 1 rings (SSSR count). The molecule has 0 saturated heterocycles. The zero-order valence-electron chi connectivity index (χ0n) is 11.7. The topological polar surface area (TPSA) is 82.6 Å². The molecule has 0 saturated carbocycles. The average Bonchev–Trinajstić information content (AvgIpc) is 2.48. The first-order valence-electron chi connectivity index (χ1n) is 6.11. The lowest BCUT2D eigenvalue weighted by molar-refractivity contribution is 0.588. The lowest BCUT2D eigenvalue weighted by Crippen LogP contribution is -2.36. The van der Waals surface area contributed by atoms with Gasteiger partial charge in [0.15, 0.2) is 5.96 Å². The van der Waals surface area contributed by atoms with Gasteiger partial charge in [0.2, 0.25) is 10.0 Å². The molecule has 0 atom stereocenters. The van der Waals surface area contributed by atoms with Gasteiger partial charge in [0.05, 0.1) is 4.90 Å². The number of aliphatic imine (C=N–C) groups is 1. The molecule has 0 aliphatic heterocycles. The Morgan fingerprint density at radius 2 is 1.95 bits per heavy atom. The Balaban J connectivity index is 2.64. The Morgan fingerprint density at radius 3 is 2.45 bits per heavy atom. The first-order valence-corrected chi connectivity index (χ1v) is 7.59. The van der Waals surface area contributed by atoms with Crippen molar-refractivity contribution in [3.05, 3.63) is 42.5 Å². The molecule has 0 aliphatic carbocycles. The lowest BCUT2D eigenvalue weighted by Gasteiger charge is -2.10. The number of nitrogens with zero attached hydrogens (tertiary/aromatic N) is 1. The van der Waals surface area contributed by atoms with Crippen molar-refractivity contribution in [3.8, 4) is 0 Å². The zero-order valence-corrected chi connectivity index (χ0v) is 12.5. The van der Waals surface area contributed by atoms with Gasteiger partial charge >= 0.3 is 0 Å². The van der Waals surface area contributed by atoms with Crippen molar-refractivity contribution in [2.75, 3.05) is 20.6 Å². The van der Waals surface area contributed by atoms with Gasteiger partial charge in [-0.15, -0.1) is 6.58 Å². The zero-order chi connectivity index (χ0) is 15.0. The van der Waals surface area contributed by atoms with Crippen molar-refractivity contribution in [2.24, 2.45) is 4.99 Å². The molecule has 0 amide bonds. The van der Waals surface area contributed by atoms with Crippen LogP contribution in [-0.4, -0.2) is 35.0 Å². The number of guanidine groups is 1. The molecule has 1 aromatic rings. The third kappa shape index (κ3) is 4.67. The average molecular weight is 296 g/mol. The van der Waals surface area contributed by atoms with Crippen LogP contribution in [0.5, 0.6) is 0 Å². The molecular formula is C13H20N4O2S. The number of hydrogen-bond acceptors (Lipinski definition) is 3. The number of nitrogens with one attached hydrogen (secondary N) is 3. The highest BCUT2D eigenvalue weighted by molar-refractivity contribution is 7.89. The second kappa shape index (κ2) is 7.66. The lowest BCUT2D eigenvalue weighted by atomic mass is 10.2. The van der Waals surface area contributed by atoms with E-state index in [4.69, 9.17) is 0 Å². The first-order chi connectivity index (χ1) is 9.53. The fourth-order valence-corrected chi connectivity index (χ4v) is 2.21. The number of sulfonamides is 1. The van der Waals surface area contributed by atoms with E-state index in [0.29, 0.717) is 19.0 Å². The van der Waals surface area contributed by atoms with Crippen LogP contribution < -0.4 is 15.4 Å². The normalized spacial score (nSPS) is 12.0. The Kier molecular flexibility index (Phi) is 6.20. The highest BCUT2D eigenvalue weighted by atomic mass is 32.2. The van der Waals surface area contributed by atoms with Gasteiger partial charge < -0.3 is 10.6 Å². The molecule has 0 radical (unpaired) electrons. The molecule has 6 nitrogen and oxygen atoms in total. The fourth-order valence-electron chi connectivity index (χ4n) is 1.48. The first kappa shape index (κ1) is 16.2. The van der Waals surface area contributed by atoms with Crippen LogP contribution >= 0.6 is 0 Å². The maximum atomic E-state index is 11.6. The second-order valence-electron chi connectivity index (χ2n) is 3.95. The standard InChI is InChI=1S/C13H20N4O2S/c1-4-9-16-13(14-2)17-10-11-5-7-12(8-6-11)20(18,19)15-3/h4-8,15H,1,9-10H2,2-3H3,(H2,14,16,17).